The lowest BCUT2D eigenvalue weighted by Gasteiger charge is -2.14. The Bertz CT molecular complexity index is 835. The highest BCUT2D eigenvalue weighted by molar-refractivity contribution is 9.10. The van der Waals surface area contributed by atoms with Gasteiger partial charge in [0.2, 0.25) is 0 Å². The zero-order chi connectivity index (χ0) is 17.7. The Morgan fingerprint density at radius 2 is 1.71 bits per heavy atom. The average Bonchev–Trinajstić information content (AvgIpc) is 2.53. The molecule has 0 aliphatic heterocycles. The Labute approximate surface area is 150 Å². The normalized spacial score (nSPS) is 11.3. The number of carbonyl (C=O) groups is 1. The van der Waals surface area contributed by atoms with Gasteiger partial charge in [0, 0.05) is 11.0 Å². The molecule has 0 fully saturated rings. The standard InChI is InChI=1S/C17H19BrN2O3S/c1-12(2)11-19-17(21)13-7-3-5-9-15(13)20-24(22,23)16-10-6-4-8-14(16)18/h3-10,12,20H,11H2,1-2H3,(H,19,21). The maximum absolute atomic E-state index is 12.6. The largest absolute Gasteiger partial charge is 0.352 e. The minimum Gasteiger partial charge on any atom is -0.352 e. The third kappa shape index (κ3) is 4.58. The Hall–Kier alpha value is -1.86. The summed E-state index contributed by atoms with van der Waals surface area (Å²) in [7, 11) is -3.81. The van der Waals surface area contributed by atoms with Crippen LogP contribution >= 0.6 is 15.9 Å². The minimum atomic E-state index is -3.81. The molecule has 0 spiro atoms. The second kappa shape index (κ2) is 7.81. The van der Waals surface area contributed by atoms with E-state index >= 15 is 0 Å². The molecule has 0 radical (unpaired) electrons. The molecule has 5 nitrogen and oxygen atoms in total. The third-order valence-electron chi connectivity index (χ3n) is 3.21. The third-order valence-corrected chi connectivity index (χ3v) is 5.59. The molecule has 0 aromatic heterocycles. The molecule has 0 saturated heterocycles. The van der Waals surface area contributed by atoms with Crippen LogP contribution in [0.1, 0.15) is 24.2 Å². The summed E-state index contributed by atoms with van der Waals surface area (Å²) in [5, 5.41) is 2.79. The number of nitrogens with one attached hydrogen (secondary N) is 2. The van der Waals surface area contributed by atoms with Crippen molar-refractivity contribution in [2.24, 2.45) is 5.92 Å². The van der Waals surface area contributed by atoms with E-state index in [1.54, 1.807) is 42.5 Å². The number of hydrogen-bond acceptors (Lipinski definition) is 3. The smallest absolute Gasteiger partial charge is 0.263 e. The van der Waals surface area contributed by atoms with E-state index in [1.807, 2.05) is 13.8 Å². The Morgan fingerprint density at radius 3 is 2.38 bits per heavy atom. The quantitative estimate of drug-likeness (QED) is 0.762. The lowest BCUT2D eigenvalue weighted by molar-refractivity contribution is 0.0950. The first-order valence-corrected chi connectivity index (χ1v) is 9.73. The van der Waals surface area contributed by atoms with Gasteiger partial charge in [-0.2, -0.15) is 0 Å². The molecule has 2 aromatic rings. The predicted octanol–water partition coefficient (Wildman–Crippen LogP) is 3.64. The number of anilines is 1. The van der Waals surface area contributed by atoms with Crippen molar-refractivity contribution in [3.63, 3.8) is 0 Å². The lowest BCUT2D eigenvalue weighted by Crippen LogP contribution is -2.28. The molecule has 0 aliphatic rings. The summed E-state index contributed by atoms with van der Waals surface area (Å²) in [6.45, 7) is 4.49. The number of hydrogen-bond donors (Lipinski definition) is 2. The van der Waals surface area contributed by atoms with Gasteiger partial charge in [0.05, 0.1) is 11.3 Å². The Kier molecular flexibility index (Phi) is 6.01. The van der Waals surface area contributed by atoms with Crippen LogP contribution in [0.5, 0.6) is 0 Å². The SMILES string of the molecule is CC(C)CNC(=O)c1ccccc1NS(=O)(=O)c1ccccc1Br. The first-order valence-electron chi connectivity index (χ1n) is 7.46. The lowest BCUT2D eigenvalue weighted by atomic mass is 10.1. The second-order valence-corrected chi connectivity index (χ2v) is 8.19. The van der Waals surface area contributed by atoms with Gasteiger partial charge in [-0.05, 0) is 46.1 Å². The van der Waals surface area contributed by atoms with Crippen LogP contribution in [0.15, 0.2) is 57.9 Å². The van der Waals surface area contributed by atoms with Crippen LogP contribution in [0, 0.1) is 5.92 Å². The van der Waals surface area contributed by atoms with E-state index in [4.69, 9.17) is 0 Å². The molecule has 0 atom stereocenters. The fourth-order valence-corrected chi connectivity index (χ4v) is 4.11. The summed E-state index contributed by atoms with van der Waals surface area (Å²) in [6, 6.07) is 13.0. The van der Waals surface area contributed by atoms with Gasteiger partial charge in [-0.3, -0.25) is 9.52 Å². The van der Waals surface area contributed by atoms with Crippen molar-refractivity contribution < 1.29 is 13.2 Å². The van der Waals surface area contributed by atoms with E-state index in [-0.39, 0.29) is 22.1 Å². The zero-order valence-electron chi connectivity index (χ0n) is 13.4. The Balaban J connectivity index is 2.30. The van der Waals surface area contributed by atoms with E-state index < -0.39 is 10.0 Å². The number of sulfonamides is 1. The van der Waals surface area contributed by atoms with Gasteiger partial charge in [-0.1, -0.05) is 38.1 Å². The monoisotopic (exact) mass is 410 g/mol. The van der Waals surface area contributed by atoms with E-state index in [0.717, 1.165) is 0 Å². The highest BCUT2D eigenvalue weighted by atomic mass is 79.9. The van der Waals surface area contributed by atoms with Crippen LogP contribution in [0.3, 0.4) is 0 Å². The molecule has 128 valence electrons. The van der Waals surface area contributed by atoms with Crippen LogP contribution in [-0.4, -0.2) is 20.9 Å². The van der Waals surface area contributed by atoms with Gasteiger partial charge >= 0.3 is 0 Å². The maximum atomic E-state index is 12.6. The van der Waals surface area contributed by atoms with Crippen molar-refractivity contribution in [1.82, 2.24) is 5.32 Å². The zero-order valence-corrected chi connectivity index (χ0v) is 15.8. The van der Waals surface area contributed by atoms with E-state index in [2.05, 4.69) is 26.0 Å². The van der Waals surface area contributed by atoms with Crippen molar-refractivity contribution in [3.05, 3.63) is 58.6 Å². The summed E-state index contributed by atoms with van der Waals surface area (Å²) in [6.07, 6.45) is 0. The molecule has 2 aromatic carbocycles. The number of benzene rings is 2. The molecule has 1 amide bonds. The highest BCUT2D eigenvalue weighted by Gasteiger charge is 2.20. The van der Waals surface area contributed by atoms with E-state index in [9.17, 15) is 13.2 Å². The van der Waals surface area contributed by atoms with Gasteiger partial charge in [-0.15, -0.1) is 0 Å². The maximum Gasteiger partial charge on any atom is 0.263 e. The first-order chi connectivity index (χ1) is 11.3. The molecule has 0 unspecified atom stereocenters. The van der Waals surface area contributed by atoms with Gasteiger partial charge in [0.15, 0.2) is 0 Å². The van der Waals surface area contributed by atoms with Crippen molar-refractivity contribution in [1.29, 1.82) is 0 Å². The summed E-state index contributed by atoms with van der Waals surface area (Å²) >= 11 is 3.24. The summed E-state index contributed by atoms with van der Waals surface area (Å²) in [5.74, 6) is -0.00722. The van der Waals surface area contributed by atoms with E-state index in [0.29, 0.717) is 16.9 Å². The van der Waals surface area contributed by atoms with Crippen molar-refractivity contribution in [2.75, 3.05) is 11.3 Å². The van der Waals surface area contributed by atoms with Gasteiger partial charge < -0.3 is 5.32 Å². The minimum absolute atomic E-state index is 0.113. The summed E-state index contributed by atoms with van der Waals surface area (Å²) in [4.78, 5) is 12.4. The molecular weight excluding hydrogens is 392 g/mol. The van der Waals surface area contributed by atoms with Gasteiger partial charge in [-0.25, -0.2) is 8.42 Å². The number of para-hydroxylation sites is 1. The number of rotatable bonds is 6. The fourth-order valence-electron chi connectivity index (χ4n) is 2.02. The van der Waals surface area contributed by atoms with Crippen LogP contribution in [-0.2, 0) is 10.0 Å². The summed E-state index contributed by atoms with van der Waals surface area (Å²) < 4.78 is 28.1. The first kappa shape index (κ1) is 18.5. The fraction of sp³-hybridized carbons (Fsp3) is 0.235. The molecule has 24 heavy (non-hydrogen) atoms. The average molecular weight is 411 g/mol. The number of amides is 1. The highest BCUT2D eigenvalue weighted by Crippen LogP contribution is 2.25. The van der Waals surface area contributed by atoms with Crippen LogP contribution in [0.25, 0.3) is 0 Å². The van der Waals surface area contributed by atoms with Crippen LogP contribution < -0.4 is 10.0 Å². The van der Waals surface area contributed by atoms with Crippen LogP contribution in [0.2, 0.25) is 0 Å². The molecular formula is C17H19BrN2O3S. The van der Waals surface area contributed by atoms with Crippen LogP contribution in [0.4, 0.5) is 5.69 Å². The van der Waals surface area contributed by atoms with E-state index in [1.165, 1.54) is 6.07 Å². The number of halogens is 1. The van der Waals surface area contributed by atoms with Crippen molar-refractivity contribution in [3.8, 4) is 0 Å². The second-order valence-electron chi connectivity index (χ2n) is 5.69. The molecule has 0 aliphatic carbocycles. The molecule has 7 heteroatoms. The topological polar surface area (TPSA) is 75.3 Å². The summed E-state index contributed by atoms with van der Waals surface area (Å²) in [5.41, 5.74) is 0.531. The number of carbonyl (C=O) groups excluding carboxylic acids is 1. The van der Waals surface area contributed by atoms with Gasteiger partial charge in [0.1, 0.15) is 4.90 Å². The molecule has 0 heterocycles. The van der Waals surface area contributed by atoms with Crippen molar-refractivity contribution in [2.45, 2.75) is 18.7 Å². The predicted molar refractivity (Wildman–Crippen MR) is 98.6 cm³/mol. The molecule has 2 rings (SSSR count). The molecule has 2 N–H and O–H groups in total. The Morgan fingerprint density at radius 1 is 1.08 bits per heavy atom. The van der Waals surface area contributed by atoms with Gasteiger partial charge in [0.25, 0.3) is 15.9 Å². The molecule has 0 saturated carbocycles. The van der Waals surface area contributed by atoms with Crippen molar-refractivity contribution >= 4 is 37.5 Å². The molecule has 0 bridgehead atoms.